The zero-order chi connectivity index (χ0) is 7.03. The van der Waals surface area contributed by atoms with Gasteiger partial charge in [-0.05, 0) is 12.8 Å². The number of nitrogens with one attached hydrogen (secondary N) is 1. The van der Waals surface area contributed by atoms with Gasteiger partial charge in [0.05, 0.1) is 18.2 Å². The van der Waals surface area contributed by atoms with Crippen LogP contribution in [0.3, 0.4) is 0 Å². The first-order valence-corrected chi connectivity index (χ1v) is 3.41. The number of hydrogen-bond acceptors (Lipinski definition) is 2. The van der Waals surface area contributed by atoms with Gasteiger partial charge >= 0.3 is 0 Å². The zero-order valence-corrected chi connectivity index (χ0v) is 5.92. The molecule has 3 heteroatoms. The summed E-state index contributed by atoms with van der Waals surface area (Å²) in [7, 11) is 1.74. The number of aromatic amines is 1. The average Bonchev–Trinajstić information content (AvgIpc) is 2.58. The molecule has 54 valence electrons. The predicted octanol–water partition coefficient (Wildman–Crippen LogP) is 1.05. The number of H-pyrrole nitrogens is 1. The van der Waals surface area contributed by atoms with E-state index in [-0.39, 0.29) is 5.60 Å². The first kappa shape index (κ1) is 5.92. The standard InChI is InChI=1S/C7H10N2O/c1-10-7(2-3-7)6-4-8-5-9-6/h4-5H,2-3H2,1H3,(H,8,9). The van der Waals surface area contributed by atoms with Crippen molar-refractivity contribution in [3.8, 4) is 0 Å². The van der Waals surface area contributed by atoms with E-state index < -0.39 is 0 Å². The molecule has 1 aliphatic carbocycles. The van der Waals surface area contributed by atoms with Crippen LogP contribution in [-0.4, -0.2) is 17.1 Å². The summed E-state index contributed by atoms with van der Waals surface area (Å²) in [4.78, 5) is 7.00. The number of imidazole rings is 1. The van der Waals surface area contributed by atoms with Crippen LogP contribution in [0.1, 0.15) is 18.5 Å². The summed E-state index contributed by atoms with van der Waals surface area (Å²) >= 11 is 0. The van der Waals surface area contributed by atoms with Crippen LogP contribution in [0, 0.1) is 0 Å². The lowest BCUT2D eigenvalue weighted by Gasteiger charge is -2.08. The monoisotopic (exact) mass is 138 g/mol. The second kappa shape index (κ2) is 1.83. The van der Waals surface area contributed by atoms with Crippen LogP contribution in [0.25, 0.3) is 0 Å². The molecule has 10 heavy (non-hydrogen) atoms. The van der Waals surface area contributed by atoms with E-state index in [9.17, 15) is 0 Å². The Morgan fingerprint density at radius 2 is 2.50 bits per heavy atom. The Morgan fingerprint density at radius 1 is 1.70 bits per heavy atom. The summed E-state index contributed by atoms with van der Waals surface area (Å²) in [6.45, 7) is 0. The van der Waals surface area contributed by atoms with Crippen molar-refractivity contribution in [2.24, 2.45) is 0 Å². The van der Waals surface area contributed by atoms with Crippen molar-refractivity contribution < 1.29 is 4.74 Å². The van der Waals surface area contributed by atoms with Gasteiger partial charge in [-0.25, -0.2) is 4.98 Å². The Bertz CT molecular complexity index is 214. The lowest BCUT2D eigenvalue weighted by Crippen LogP contribution is -2.08. The fourth-order valence-electron chi connectivity index (χ4n) is 1.20. The third-order valence-corrected chi connectivity index (χ3v) is 2.08. The van der Waals surface area contributed by atoms with Crippen LogP contribution in [-0.2, 0) is 10.3 Å². The minimum Gasteiger partial charge on any atom is -0.372 e. The summed E-state index contributed by atoms with van der Waals surface area (Å²) in [6.07, 6.45) is 5.75. The second-order valence-electron chi connectivity index (χ2n) is 2.66. The van der Waals surface area contributed by atoms with Crippen LogP contribution < -0.4 is 0 Å². The number of hydrogen-bond donors (Lipinski definition) is 1. The van der Waals surface area contributed by atoms with Crippen molar-refractivity contribution in [3.63, 3.8) is 0 Å². The van der Waals surface area contributed by atoms with Gasteiger partial charge in [-0.2, -0.15) is 0 Å². The summed E-state index contributed by atoms with van der Waals surface area (Å²) < 4.78 is 5.32. The van der Waals surface area contributed by atoms with Gasteiger partial charge in [-0.3, -0.25) is 0 Å². The van der Waals surface area contributed by atoms with Crippen molar-refractivity contribution in [2.45, 2.75) is 18.4 Å². The third kappa shape index (κ3) is 0.671. The van der Waals surface area contributed by atoms with Crippen molar-refractivity contribution in [3.05, 3.63) is 18.2 Å². The lowest BCUT2D eigenvalue weighted by atomic mass is 10.2. The molecule has 0 amide bonds. The van der Waals surface area contributed by atoms with Gasteiger partial charge in [0.2, 0.25) is 0 Å². The first-order valence-electron chi connectivity index (χ1n) is 3.41. The SMILES string of the molecule is COC1(c2cnc[nH]2)CC1. The predicted molar refractivity (Wildman–Crippen MR) is 36.5 cm³/mol. The van der Waals surface area contributed by atoms with E-state index in [4.69, 9.17) is 4.74 Å². The Balaban J connectivity index is 2.27. The number of ether oxygens (including phenoxy) is 1. The molecular weight excluding hydrogens is 128 g/mol. The normalized spacial score (nSPS) is 20.9. The molecule has 1 heterocycles. The molecular formula is C7H10N2O. The topological polar surface area (TPSA) is 37.9 Å². The number of nitrogens with zero attached hydrogens (tertiary/aromatic N) is 1. The largest absolute Gasteiger partial charge is 0.372 e. The number of methoxy groups -OCH3 is 1. The first-order chi connectivity index (χ1) is 4.87. The molecule has 0 bridgehead atoms. The number of aromatic nitrogens is 2. The third-order valence-electron chi connectivity index (χ3n) is 2.08. The highest BCUT2D eigenvalue weighted by molar-refractivity contribution is 5.16. The van der Waals surface area contributed by atoms with Crippen LogP contribution >= 0.6 is 0 Å². The molecule has 1 saturated carbocycles. The summed E-state index contributed by atoms with van der Waals surface area (Å²) in [5.41, 5.74) is 1.10. The van der Waals surface area contributed by atoms with Crippen molar-refractivity contribution in [1.29, 1.82) is 0 Å². The maximum atomic E-state index is 5.32. The Kier molecular flexibility index (Phi) is 1.08. The second-order valence-corrected chi connectivity index (χ2v) is 2.66. The molecule has 1 aromatic heterocycles. The van der Waals surface area contributed by atoms with Crippen molar-refractivity contribution in [1.82, 2.24) is 9.97 Å². The zero-order valence-electron chi connectivity index (χ0n) is 5.92. The molecule has 0 radical (unpaired) electrons. The van der Waals surface area contributed by atoms with Crippen LogP contribution in [0.4, 0.5) is 0 Å². The molecule has 0 aromatic carbocycles. The molecule has 0 aliphatic heterocycles. The van der Waals surface area contributed by atoms with Gasteiger partial charge in [0, 0.05) is 7.11 Å². The van der Waals surface area contributed by atoms with Crippen LogP contribution in [0.15, 0.2) is 12.5 Å². The maximum absolute atomic E-state index is 5.32. The smallest absolute Gasteiger partial charge is 0.109 e. The Morgan fingerprint density at radius 3 is 2.90 bits per heavy atom. The summed E-state index contributed by atoms with van der Waals surface area (Å²) in [6, 6.07) is 0. The van der Waals surface area contributed by atoms with E-state index in [0.717, 1.165) is 18.5 Å². The maximum Gasteiger partial charge on any atom is 0.109 e. The van der Waals surface area contributed by atoms with E-state index in [0.29, 0.717) is 0 Å². The summed E-state index contributed by atoms with van der Waals surface area (Å²) in [5.74, 6) is 0. The summed E-state index contributed by atoms with van der Waals surface area (Å²) in [5, 5.41) is 0. The van der Waals surface area contributed by atoms with Gasteiger partial charge in [0.15, 0.2) is 0 Å². The van der Waals surface area contributed by atoms with Crippen molar-refractivity contribution >= 4 is 0 Å². The van der Waals surface area contributed by atoms with Gasteiger partial charge < -0.3 is 9.72 Å². The van der Waals surface area contributed by atoms with Gasteiger partial charge in [-0.1, -0.05) is 0 Å². The minimum absolute atomic E-state index is 0.00347. The molecule has 3 nitrogen and oxygen atoms in total. The molecule has 1 aliphatic rings. The Labute approximate surface area is 59.4 Å². The highest BCUT2D eigenvalue weighted by Crippen LogP contribution is 2.47. The van der Waals surface area contributed by atoms with E-state index in [1.807, 2.05) is 6.20 Å². The Hall–Kier alpha value is -0.830. The molecule has 0 atom stereocenters. The fraction of sp³-hybridized carbons (Fsp3) is 0.571. The van der Waals surface area contributed by atoms with Gasteiger partial charge in [-0.15, -0.1) is 0 Å². The highest BCUT2D eigenvalue weighted by atomic mass is 16.5. The minimum atomic E-state index is -0.00347. The van der Waals surface area contributed by atoms with Gasteiger partial charge in [0.25, 0.3) is 0 Å². The molecule has 1 aromatic rings. The van der Waals surface area contributed by atoms with E-state index in [1.54, 1.807) is 13.4 Å². The molecule has 1 N–H and O–H groups in total. The van der Waals surface area contributed by atoms with Gasteiger partial charge in [0.1, 0.15) is 5.60 Å². The molecule has 2 rings (SSSR count). The molecule has 1 fully saturated rings. The molecule has 0 unspecified atom stereocenters. The number of rotatable bonds is 2. The fourth-order valence-corrected chi connectivity index (χ4v) is 1.20. The average molecular weight is 138 g/mol. The lowest BCUT2D eigenvalue weighted by molar-refractivity contribution is 0.0755. The quantitative estimate of drug-likeness (QED) is 0.663. The van der Waals surface area contributed by atoms with E-state index in [1.165, 1.54) is 0 Å². The molecule has 0 spiro atoms. The van der Waals surface area contributed by atoms with E-state index in [2.05, 4.69) is 9.97 Å². The van der Waals surface area contributed by atoms with E-state index >= 15 is 0 Å². The van der Waals surface area contributed by atoms with Crippen LogP contribution in [0.2, 0.25) is 0 Å². The van der Waals surface area contributed by atoms with Crippen LogP contribution in [0.5, 0.6) is 0 Å². The van der Waals surface area contributed by atoms with Crippen molar-refractivity contribution in [2.75, 3.05) is 7.11 Å². The molecule has 0 saturated heterocycles. The highest BCUT2D eigenvalue weighted by Gasteiger charge is 2.45.